The highest BCUT2D eigenvalue weighted by Gasteiger charge is 2.53. The number of ketones is 1. The predicted molar refractivity (Wildman–Crippen MR) is 141 cm³/mol. The van der Waals surface area contributed by atoms with E-state index in [1.54, 1.807) is 19.9 Å². The molecular formula is C27H40ClNO6S. The summed E-state index contributed by atoms with van der Waals surface area (Å²) < 4.78 is 11.8. The van der Waals surface area contributed by atoms with E-state index in [2.05, 4.69) is 4.98 Å². The highest BCUT2D eigenvalue weighted by atomic mass is 35.5. The molecule has 2 aliphatic heterocycles. The van der Waals surface area contributed by atoms with E-state index in [9.17, 15) is 19.8 Å². The summed E-state index contributed by atoms with van der Waals surface area (Å²) >= 11 is 8.14. The van der Waals surface area contributed by atoms with Crippen LogP contribution in [-0.2, 0) is 19.1 Å². The van der Waals surface area contributed by atoms with Crippen molar-refractivity contribution in [3.63, 3.8) is 0 Å². The molecule has 2 fully saturated rings. The Kier molecular flexibility index (Phi) is 9.42. The topological polar surface area (TPSA) is 109 Å². The largest absolute Gasteiger partial charge is 0.456 e. The molecule has 1 aromatic heterocycles. The molecule has 7 nitrogen and oxygen atoms in total. The van der Waals surface area contributed by atoms with Gasteiger partial charge in [0.25, 0.3) is 0 Å². The van der Waals surface area contributed by atoms with Gasteiger partial charge in [0.2, 0.25) is 0 Å². The van der Waals surface area contributed by atoms with E-state index in [0.717, 1.165) is 24.3 Å². The van der Waals surface area contributed by atoms with Crippen LogP contribution in [0.15, 0.2) is 10.4 Å². The average molecular weight is 542 g/mol. The van der Waals surface area contributed by atoms with Crippen LogP contribution in [0.25, 0.3) is 6.08 Å². The molecule has 0 saturated carbocycles. The number of hydrogen-bond acceptors (Lipinski definition) is 8. The maximum atomic E-state index is 13.4. The van der Waals surface area contributed by atoms with Crippen molar-refractivity contribution in [2.75, 3.05) is 0 Å². The van der Waals surface area contributed by atoms with Crippen molar-refractivity contribution in [2.45, 2.75) is 110 Å². The smallest absolute Gasteiger partial charge is 0.309 e. The monoisotopic (exact) mass is 541 g/mol. The van der Waals surface area contributed by atoms with E-state index in [-0.39, 0.29) is 29.8 Å². The van der Waals surface area contributed by atoms with E-state index < -0.39 is 35.6 Å². The van der Waals surface area contributed by atoms with Gasteiger partial charge in [-0.3, -0.25) is 9.59 Å². The molecule has 9 heteroatoms. The first kappa shape index (κ1) is 29.2. The van der Waals surface area contributed by atoms with Crippen LogP contribution < -0.4 is 0 Å². The van der Waals surface area contributed by atoms with Crippen LogP contribution >= 0.6 is 22.9 Å². The van der Waals surface area contributed by atoms with Crippen molar-refractivity contribution in [3.05, 3.63) is 21.1 Å². The number of rotatable bonds is 3. The van der Waals surface area contributed by atoms with Crippen LogP contribution in [0, 0.1) is 24.2 Å². The van der Waals surface area contributed by atoms with Gasteiger partial charge in [-0.1, -0.05) is 45.7 Å². The van der Waals surface area contributed by atoms with Gasteiger partial charge in [0.15, 0.2) is 0 Å². The second kappa shape index (κ2) is 11.6. The fourth-order valence-electron chi connectivity index (χ4n) is 5.09. The third-order valence-corrected chi connectivity index (χ3v) is 9.04. The average Bonchev–Trinajstić information content (AvgIpc) is 3.24. The third-order valence-electron chi connectivity index (χ3n) is 7.90. The number of carbonyl (C=O) groups excluding carboxylic acids is 2. The molecule has 202 valence electrons. The number of carbonyl (C=O) groups is 2. The minimum absolute atomic E-state index is 0.0859. The molecule has 0 aromatic carbocycles. The number of halogens is 1. The number of aryl methyl sites for hydroxylation is 1. The Morgan fingerprint density at radius 3 is 2.61 bits per heavy atom. The van der Waals surface area contributed by atoms with Crippen molar-refractivity contribution in [1.29, 1.82) is 0 Å². The molecule has 1 aromatic rings. The summed E-state index contributed by atoms with van der Waals surface area (Å²) in [5.41, 5.74) is -0.902. The van der Waals surface area contributed by atoms with Gasteiger partial charge in [-0.05, 0) is 45.1 Å². The molecule has 2 unspecified atom stereocenters. The number of aromatic nitrogens is 1. The Morgan fingerprint density at radius 1 is 1.31 bits per heavy atom. The number of cyclic esters (lactones) is 1. The molecule has 3 rings (SSSR count). The summed E-state index contributed by atoms with van der Waals surface area (Å²) in [6.07, 6.45) is 1.56. The standard InChI is InChI=1S/C27H40ClNO6S/c1-7-18-24(32)15(2)9-8-10-27(6)22(35-27)12-20(19(28)11-17-14-36-16(3)29-17)34-23(31)13-21(30)26(4,5)25(18)33/h11,14-15,18,20-22,24,30,32H,7-10,12-13H2,1-6H3/b19-11-/t15-,18+,20-,21+,22?,24-,27?/m0/s1. The molecule has 0 radical (unpaired) electrons. The fraction of sp³-hybridized carbons (Fsp3) is 0.741. The number of epoxide rings is 1. The van der Waals surface area contributed by atoms with Gasteiger partial charge in [-0.15, -0.1) is 11.3 Å². The zero-order valence-electron chi connectivity index (χ0n) is 22.1. The number of thiazole rings is 1. The molecule has 36 heavy (non-hydrogen) atoms. The van der Waals surface area contributed by atoms with Crippen molar-refractivity contribution in [3.8, 4) is 0 Å². The number of aliphatic hydroxyl groups excluding tert-OH is 2. The second-order valence-electron chi connectivity index (χ2n) is 11.1. The number of fused-ring (bicyclic) bond motifs is 1. The molecule has 3 heterocycles. The van der Waals surface area contributed by atoms with Gasteiger partial charge >= 0.3 is 5.97 Å². The maximum absolute atomic E-state index is 13.4. The van der Waals surface area contributed by atoms with E-state index in [4.69, 9.17) is 21.1 Å². The Labute approximate surface area is 223 Å². The Bertz CT molecular complexity index is 977. The van der Waals surface area contributed by atoms with Crippen molar-refractivity contribution < 1.29 is 29.3 Å². The SMILES string of the molecule is CC[C@H]1C(=O)C(C)(C)[C@H](O)CC(=O)O[C@H](/C(Cl)=C/c2csc(C)n2)CC2OC2(C)CCC[C@H](C)[C@@H]1O. The van der Waals surface area contributed by atoms with Crippen molar-refractivity contribution in [1.82, 2.24) is 4.98 Å². The van der Waals surface area contributed by atoms with Gasteiger partial charge in [-0.2, -0.15) is 0 Å². The highest BCUT2D eigenvalue weighted by molar-refractivity contribution is 7.09. The molecule has 0 amide bonds. The Hall–Kier alpha value is -1.32. The summed E-state index contributed by atoms with van der Waals surface area (Å²) in [6, 6.07) is 0. The number of esters is 1. The van der Waals surface area contributed by atoms with Crippen LogP contribution in [0.4, 0.5) is 0 Å². The molecule has 2 N–H and O–H groups in total. The van der Waals surface area contributed by atoms with E-state index in [1.165, 1.54) is 11.3 Å². The first-order valence-electron chi connectivity index (χ1n) is 12.9. The zero-order chi connectivity index (χ0) is 26.8. The lowest BCUT2D eigenvalue weighted by molar-refractivity contribution is -0.154. The second-order valence-corrected chi connectivity index (χ2v) is 12.6. The summed E-state index contributed by atoms with van der Waals surface area (Å²) in [7, 11) is 0. The fourth-order valence-corrected chi connectivity index (χ4v) is 5.90. The normalized spacial score (nSPS) is 36.8. The van der Waals surface area contributed by atoms with Crippen molar-refractivity contribution in [2.24, 2.45) is 17.3 Å². The number of Topliss-reactive ketones (excluding diaryl/α,β-unsaturated/α-hetero) is 1. The minimum Gasteiger partial charge on any atom is -0.456 e. The maximum Gasteiger partial charge on any atom is 0.309 e. The van der Waals surface area contributed by atoms with Crippen LogP contribution in [0.5, 0.6) is 0 Å². The van der Waals surface area contributed by atoms with Gasteiger partial charge in [0.1, 0.15) is 11.9 Å². The van der Waals surface area contributed by atoms with E-state index >= 15 is 0 Å². The Balaban J connectivity index is 1.87. The lowest BCUT2D eigenvalue weighted by Crippen LogP contribution is -2.46. The van der Waals surface area contributed by atoms with Crippen LogP contribution in [0.3, 0.4) is 0 Å². The zero-order valence-corrected chi connectivity index (χ0v) is 23.7. The van der Waals surface area contributed by atoms with Crippen LogP contribution in [0.2, 0.25) is 0 Å². The first-order valence-corrected chi connectivity index (χ1v) is 14.1. The lowest BCUT2D eigenvalue weighted by Gasteiger charge is -2.35. The third kappa shape index (κ3) is 6.76. The van der Waals surface area contributed by atoms with Crippen LogP contribution in [-0.4, -0.2) is 57.0 Å². The van der Waals surface area contributed by atoms with Gasteiger partial charge in [0, 0.05) is 17.7 Å². The molecule has 0 spiro atoms. The minimum atomic E-state index is -1.27. The van der Waals surface area contributed by atoms with Crippen LogP contribution in [0.1, 0.15) is 83.8 Å². The number of ether oxygens (including phenoxy) is 2. The number of aliphatic hydroxyl groups is 2. The van der Waals surface area contributed by atoms with E-state index in [1.807, 2.05) is 33.1 Å². The molecule has 0 bridgehead atoms. The molecule has 2 aliphatic rings. The first-order chi connectivity index (χ1) is 16.8. The summed E-state index contributed by atoms with van der Waals surface area (Å²) in [6.45, 7) is 11.0. The molecule has 0 aliphatic carbocycles. The summed E-state index contributed by atoms with van der Waals surface area (Å²) in [5, 5.41) is 25.0. The summed E-state index contributed by atoms with van der Waals surface area (Å²) in [4.78, 5) is 30.8. The van der Waals surface area contributed by atoms with Gasteiger partial charge in [-0.25, -0.2) is 4.98 Å². The Morgan fingerprint density at radius 2 is 2.00 bits per heavy atom. The van der Waals surface area contributed by atoms with Crippen molar-refractivity contribution >= 4 is 40.8 Å². The van der Waals surface area contributed by atoms with Gasteiger partial charge < -0.3 is 19.7 Å². The summed E-state index contributed by atoms with van der Waals surface area (Å²) in [5.74, 6) is -1.61. The quantitative estimate of drug-likeness (QED) is 0.407. The predicted octanol–water partition coefficient (Wildman–Crippen LogP) is 5.04. The van der Waals surface area contributed by atoms with E-state index in [0.29, 0.717) is 23.6 Å². The lowest BCUT2D eigenvalue weighted by atomic mass is 9.71. The molecule has 7 atom stereocenters. The molecular weight excluding hydrogens is 502 g/mol. The highest BCUT2D eigenvalue weighted by Crippen LogP contribution is 2.45. The number of nitrogens with zero attached hydrogens (tertiary/aromatic N) is 1. The molecule has 2 saturated heterocycles. The van der Waals surface area contributed by atoms with Gasteiger partial charge in [0.05, 0.1) is 51.5 Å². The number of hydrogen-bond donors (Lipinski definition) is 2.